The summed E-state index contributed by atoms with van der Waals surface area (Å²) in [6, 6.07) is 21.0. The van der Waals surface area contributed by atoms with Gasteiger partial charge in [0.15, 0.2) is 0 Å². The zero-order valence-corrected chi connectivity index (χ0v) is 15.8. The summed E-state index contributed by atoms with van der Waals surface area (Å²) < 4.78 is 4.76. The molecule has 144 valence electrons. The van der Waals surface area contributed by atoms with E-state index in [0.29, 0.717) is 27.7 Å². The Kier molecular flexibility index (Phi) is 5.01. The van der Waals surface area contributed by atoms with E-state index in [4.69, 9.17) is 26.4 Å². The number of carboxylic acid groups (broad SMARTS) is 1. The molecule has 1 aliphatic rings. The number of carbonyl (C=O) groups excluding carboxylic acids is 1. The number of halogens is 1. The van der Waals surface area contributed by atoms with Crippen LogP contribution < -0.4 is 10.1 Å². The highest BCUT2D eigenvalue weighted by atomic mass is 35.5. The average molecular weight is 407 g/mol. The van der Waals surface area contributed by atoms with Crippen LogP contribution in [0.3, 0.4) is 0 Å². The second-order valence-corrected chi connectivity index (χ2v) is 6.82. The lowest BCUT2D eigenvalue weighted by Gasteiger charge is -2.14. The summed E-state index contributed by atoms with van der Waals surface area (Å²) in [5, 5.41) is 12.3. The van der Waals surface area contributed by atoms with Crippen molar-refractivity contribution in [2.75, 3.05) is 5.32 Å². The average Bonchev–Trinajstić information content (AvgIpc) is 3.03. The van der Waals surface area contributed by atoms with E-state index in [-0.39, 0.29) is 11.7 Å². The minimum Gasteiger partial charge on any atom is -0.449 e. The van der Waals surface area contributed by atoms with Crippen molar-refractivity contribution in [3.63, 3.8) is 0 Å². The Bertz CT molecular complexity index is 1110. The Morgan fingerprint density at radius 3 is 2.45 bits per heavy atom. The van der Waals surface area contributed by atoms with Gasteiger partial charge in [0.05, 0.1) is 11.4 Å². The summed E-state index contributed by atoms with van der Waals surface area (Å²) in [4.78, 5) is 28.5. The first-order valence-corrected chi connectivity index (χ1v) is 9.14. The molecule has 2 N–H and O–H groups in total. The standard InChI is InChI=1S/C22H15ClN2O4/c23-14-6-8-15(9-7-14)24-20(13-4-2-1-3-5-13)19-17-12-16(29-22(27)28)10-11-18(17)25-21(19)26/h1-12,19H,(H,25,26)(H,27,28). The molecule has 1 amide bonds. The molecule has 0 fully saturated rings. The number of ether oxygens (including phenoxy) is 1. The summed E-state index contributed by atoms with van der Waals surface area (Å²) in [7, 11) is 0. The van der Waals surface area contributed by atoms with Crippen molar-refractivity contribution in [2.45, 2.75) is 5.92 Å². The smallest absolute Gasteiger partial charge is 0.449 e. The lowest BCUT2D eigenvalue weighted by molar-refractivity contribution is -0.115. The second-order valence-electron chi connectivity index (χ2n) is 6.38. The van der Waals surface area contributed by atoms with Gasteiger partial charge in [-0.15, -0.1) is 0 Å². The SMILES string of the molecule is O=C(O)Oc1ccc2c(c1)C(C(=Nc1ccc(Cl)cc1)c1ccccc1)C(=O)N2. The van der Waals surface area contributed by atoms with E-state index >= 15 is 0 Å². The highest BCUT2D eigenvalue weighted by Crippen LogP contribution is 2.38. The number of hydrogen-bond acceptors (Lipinski definition) is 4. The van der Waals surface area contributed by atoms with E-state index in [9.17, 15) is 9.59 Å². The highest BCUT2D eigenvalue weighted by molar-refractivity contribution is 6.30. The van der Waals surface area contributed by atoms with Crippen LogP contribution in [0, 0.1) is 0 Å². The highest BCUT2D eigenvalue weighted by Gasteiger charge is 2.36. The molecule has 4 rings (SSSR count). The van der Waals surface area contributed by atoms with Crippen molar-refractivity contribution in [1.29, 1.82) is 0 Å². The van der Waals surface area contributed by atoms with Crippen molar-refractivity contribution >= 4 is 40.7 Å². The molecule has 1 aliphatic heterocycles. The van der Waals surface area contributed by atoms with Gasteiger partial charge in [-0.05, 0) is 53.6 Å². The van der Waals surface area contributed by atoms with Gasteiger partial charge in [-0.1, -0.05) is 41.9 Å². The zero-order valence-electron chi connectivity index (χ0n) is 15.0. The third-order valence-corrected chi connectivity index (χ3v) is 4.73. The molecule has 1 unspecified atom stereocenters. The van der Waals surface area contributed by atoms with E-state index in [0.717, 1.165) is 5.56 Å². The predicted octanol–water partition coefficient (Wildman–Crippen LogP) is 5.25. The minimum atomic E-state index is -1.42. The van der Waals surface area contributed by atoms with Gasteiger partial charge in [0.25, 0.3) is 0 Å². The van der Waals surface area contributed by atoms with Crippen molar-refractivity contribution < 1.29 is 19.4 Å². The maximum Gasteiger partial charge on any atom is 0.511 e. The first-order valence-electron chi connectivity index (χ1n) is 8.76. The lowest BCUT2D eigenvalue weighted by Crippen LogP contribution is -2.22. The molecule has 0 spiro atoms. The third kappa shape index (κ3) is 3.97. The Labute approximate surface area is 171 Å². The minimum absolute atomic E-state index is 0.136. The fourth-order valence-corrected chi connectivity index (χ4v) is 3.36. The predicted molar refractivity (Wildman–Crippen MR) is 111 cm³/mol. The zero-order chi connectivity index (χ0) is 20.4. The molecule has 0 bridgehead atoms. The monoisotopic (exact) mass is 406 g/mol. The molecule has 0 radical (unpaired) electrons. The number of carbonyl (C=O) groups is 2. The Morgan fingerprint density at radius 2 is 1.76 bits per heavy atom. The van der Waals surface area contributed by atoms with Crippen molar-refractivity contribution in [3.8, 4) is 5.75 Å². The molecule has 0 aliphatic carbocycles. The summed E-state index contributed by atoms with van der Waals surface area (Å²) in [6.07, 6.45) is -1.42. The molecule has 0 saturated heterocycles. The number of anilines is 1. The van der Waals surface area contributed by atoms with Crippen LogP contribution >= 0.6 is 11.6 Å². The number of hydrogen-bond donors (Lipinski definition) is 2. The molecule has 1 atom stereocenters. The number of nitrogens with one attached hydrogen (secondary N) is 1. The van der Waals surface area contributed by atoms with E-state index in [1.54, 1.807) is 36.4 Å². The van der Waals surface area contributed by atoms with Gasteiger partial charge in [-0.25, -0.2) is 4.79 Å². The normalized spacial score (nSPS) is 15.6. The van der Waals surface area contributed by atoms with Crippen LogP contribution in [0.1, 0.15) is 17.0 Å². The van der Waals surface area contributed by atoms with E-state index in [2.05, 4.69) is 5.32 Å². The van der Waals surface area contributed by atoms with E-state index < -0.39 is 12.1 Å². The first-order chi connectivity index (χ1) is 14.0. The molecule has 29 heavy (non-hydrogen) atoms. The maximum atomic E-state index is 12.9. The molecular formula is C22H15ClN2O4. The summed E-state index contributed by atoms with van der Waals surface area (Å²) in [6.45, 7) is 0. The van der Waals surface area contributed by atoms with Crippen LogP contribution in [0.4, 0.5) is 16.2 Å². The van der Waals surface area contributed by atoms with Gasteiger partial charge in [0.2, 0.25) is 5.91 Å². The molecular weight excluding hydrogens is 392 g/mol. The first kappa shape index (κ1) is 18.7. The number of rotatable bonds is 4. The summed E-state index contributed by atoms with van der Waals surface area (Å²) in [5.74, 6) is -0.832. The van der Waals surface area contributed by atoms with Gasteiger partial charge in [0.1, 0.15) is 11.7 Å². The van der Waals surface area contributed by atoms with Gasteiger partial charge >= 0.3 is 6.16 Å². The molecule has 3 aromatic rings. The fraction of sp³-hybridized carbons (Fsp3) is 0.0455. The summed E-state index contributed by atoms with van der Waals surface area (Å²) in [5.41, 5.74) is 3.16. The quantitative estimate of drug-likeness (QED) is 0.351. The van der Waals surface area contributed by atoms with Crippen LogP contribution in [-0.2, 0) is 4.79 Å². The lowest BCUT2D eigenvalue weighted by atomic mass is 9.90. The van der Waals surface area contributed by atoms with E-state index in [1.807, 2.05) is 30.3 Å². The largest absolute Gasteiger partial charge is 0.511 e. The molecule has 6 nitrogen and oxygen atoms in total. The van der Waals surface area contributed by atoms with Crippen molar-refractivity contribution in [2.24, 2.45) is 4.99 Å². The number of benzene rings is 3. The maximum absolute atomic E-state index is 12.9. The molecule has 0 saturated carbocycles. The van der Waals surface area contributed by atoms with Crippen LogP contribution in [-0.4, -0.2) is 22.9 Å². The van der Waals surface area contributed by atoms with Gasteiger partial charge in [0, 0.05) is 10.7 Å². The van der Waals surface area contributed by atoms with Crippen LogP contribution in [0.2, 0.25) is 5.02 Å². The van der Waals surface area contributed by atoms with Crippen LogP contribution in [0.15, 0.2) is 77.8 Å². The topological polar surface area (TPSA) is 88.0 Å². The second kappa shape index (κ2) is 7.77. The third-order valence-electron chi connectivity index (χ3n) is 4.48. The fourth-order valence-electron chi connectivity index (χ4n) is 3.23. The Hall–Kier alpha value is -3.64. The Morgan fingerprint density at radius 1 is 1.03 bits per heavy atom. The van der Waals surface area contributed by atoms with Crippen LogP contribution in [0.5, 0.6) is 5.75 Å². The Balaban J connectivity index is 1.84. The van der Waals surface area contributed by atoms with E-state index in [1.165, 1.54) is 6.07 Å². The summed E-state index contributed by atoms with van der Waals surface area (Å²) >= 11 is 5.97. The van der Waals surface area contributed by atoms with Gasteiger partial charge in [-0.2, -0.15) is 0 Å². The molecule has 7 heteroatoms. The van der Waals surface area contributed by atoms with Crippen molar-refractivity contribution in [3.05, 3.63) is 88.9 Å². The van der Waals surface area contributed by atoms with Gasteiger partial charge in [-0.3, -0.25) is 9.79 Å². The van der Waals surface area contributed by atoms with Gasteiger partial charge < -0.3 is 15.2 Å². The number of fused-ring (bicyclic) bond motifs is 1. The molecule has 3 aromatic carbocycles. The molecule has 1 heterocycles. The van der Waals surface area contributed by atoms with Crippen molar-refractivity contribution in [1.82, 2.24) is 0 Å². The molecule has 0 aromatic heterocycles. The number of amides is 1. The number of aliphatic imine (C=N–C) groups is 1. The van der Waals surface area contributed by atoms with Crippen LogP contribution in [0.25, 0.3) is 0 Å². The number of nitrogens with zero attached hydrogens (tertiary/aromatic N) is 1.